The summed E-state index contributed by atoms with van der Waals surface area (Å²) in [6, 6.07) is 8.26. The maximum atomic E-state index is 12.9. The van der Waals surface area contributed by atoms with Gasteiger partial charge >= 0.3 is 0 Å². The molecule has 25 heavy (non-hydrogen) atoms. The van der Waals surface area contributed by atoms with E-state index in [1.165, 1.54) is 48.2 Å². The number of carbonyl (C=O) groups is 1. The zero-order chi connectivity index (χ0) is 18.1. The topological polar surface area (TPSA) is 116 Å². The number of carbonyl (C=O) groups excluding carboxylic acids is 1. The Bertz CT molecular complexity index is 895. The number of ether oxygens (including phenoxy) is 1. The second kappa shape index (κ2) is 6.19. The second-order valence-corrected chi connectivity index (χ2v) is 5.42. The Hall–Kier alpha value is -3.49. The molecule has 128 valence electrons. The van der Waals surface area contributed by atoms with Crippen molar-refractivity contribution in [2.24, 2.45) is 0 Å². The SMILES string of the molecule is Cc1c(C(=O)N2CCOc3ccc([N+](=O)[O-])cc32)cccc1[N+](=O)[O-]. The van der Waals surface area contributed by atoms with E-state index in [9.17, 15) is 25.0 Å². The molecule has 2 aromatic carbocycles. The summed E-state index contributed by atoms with van der Waals surface area (Å²) in [5.74, 6) is -0.112. The number of non-ortho nitro benzene ring substituents is 1. The van der Waals surface area contributed by atoms with E-state index in [0.29, 0.717) is 5.75 Å². The highest BCUT2D eigenvalue weighted by Crippen LogP contribution is 2.36. The first-order chi connectivity index (χ1) is 11.9. The molecular weight excluding hydrogens is 330 g/mol. The molecule has 0 fully saturated rings. The highest BCUT2D eigenvalue weighted by atomic mass is 16.6. The summed E-state index contributed by atoms with van der Waals surface area (Å²) < 4.78 is 5.44. The fraction of sp³-hybridized carbons (Fsp3) is 0.188. The lowest BCUT2D eigenvalue weighted by Gasteiger charge is -2.29. The summed E-state index contributed by atoms with van der Waals surface area (Å²) in [6.45, 7) is 1.92. The van der Waals surface area contributed by atoms with Gasteiger partial charge in [0.25, 0.3) is 17.3 Å². The lowest BCUT2D eigenvalue weighted by Crippen LogP contribution is -2.38. The van der Waals surface area contributed by atoms with Crippen molar-refractivity contribution in [1.82, 2.24) is 0 Å². The highest BCUT2D eigenvalue weighted by Gasteiger charge is 2.29. The van der Waals surface area contributed by atoms with Gasteiger partial charge in [-0.15, -0.1) is 0 Å². The molecule has 0 N–H and O–H groups in total. The summed E-state index contributed by atoms with van der Waals surface area (Å²) in [5.41, 5.74) is 0.372. The number of nitro benzene ring substituents is 2. The average molecular weight is 343 g/mol. The van der Waals surface area contributed by atoms with Crippen molar-refractivity contribution in [2.75, 3.05) is 18.1 Å². The van der Waals surface area contributed by atoms with Crippen molar-refractivity contribution in [2.45, 2.75) is 6.92 Å². The van der Waals surface area contributed by atoms with Crippen LogP contribution in [0, 0.1) is 27.2 Å². The lowest BCUT2D eigenvalue weighted by molar-refractivity contribution is -0.385. The van der Waals surface area contributed by atoms with Gasteiger partial charge in [0, 0.05) is 29.3 Å². The van der Waals surface area contributed by atoms with Crippen LogP contribution in [0.15, 0.2) is 36.4 Å². The van der Waals surface area contributed by atoms with Crippen LogP contribution < -0.4 is 9.64 Å². The number of amides is 1. The third-order valence-electron chi connectivity index (χ3n) is 3.99. The van der Waals surface area contributed by atoms with Gasteiger partial charge in [-0.3, -0.25) is 25.0 Å². The molecule has 0 aliphatic carbocycles. The molecule has 0 atom stereocenters. The molecule has 1 aliphatic rings. The summed E-state index contributed by atoms with van der Waals surface area (Å²) in [5, 5.41) is 22.1. The van der Waals surface area contributed by atoms with E-state index >= 15 is 0 Å². The van der Waals surface area contributed by atoms with Crippen LogP contribution in [-0.4, -0.2) is 28.9 Å². The number of fused-ring (bicyclic) bond motifs is 1. The Morgan fingerprint density at radius 2 is 1.92 bits per heavy atom. The zero-order valence-electron chi connectivity index (χ0n) is 13.2. The number of benzene rings is 2. The third kappa shape index (κ3) is 2.87. The van der Waals surface area contributed by atoms with Gasteiger partial charge in [-0.25, -0.2) is 0 Å². The van der Waals surface area contributed by atoms with Gasteiger partial charge in [-0.1, -0.05) is 6.07 Å². The van der Waals surface area contributed by atoms with Crippen molar-refractivity contribution < 1.29 is 19.4 Å². The molecule has 1 heterocycles. The standard InChI is InChI=1S/C16H13N3O6/c1-10-12(3-2-4-13(10)19(23)24)16(20)17-7-8-25-15-6-5-11(18(21)22)9-14(15)17/h2-6,9H,7-8H2,1H3. The van der Waals surface area contributed by atoms with Crippen LogP contribution >= 0.6 is 0 Å². The maximum Gasteiger partial charge on any atom is 0.273 e. The monoisotopic (exact) mass is 343 g/mol. The Labute approximate surface area is 141 Å². The first-order valence-corrected chi connectivity index (χ1v) is 7.37. The van der Waals surface area contributed by atoms with Crippen molar-refractivity contribution >= 4 is 23.0 Å². The predicted molar refractivity (Wildman–Crippen MR) is 88.1 cm³/mol. The molecule has 1 aliphatic heterocycles. The van der Waals surface area contributed by atoms with Crippen LogP contribution in [0.2, 0.25) is 0 Å². The van der Waals surface area contributed by atoms with Crippen LogP contribution in [0.1, 0.15) is 15.9 Å². The van der Waals surface area contributed by atoms with E-state index in [4.69, 9.17) is 4.74 Å². The fourth-order valence-electron chi connectivity index (χ4n) is 2.73. The summed E-state index contributed by atoms with van der Waals surface area (Å²) in [7, 11) is 0. The van der Waals surface area contributed by atoms with E-state index in [1.807, 2.05) is 0 Å². The summed E-state index contributed by atoms with van der Waals surface area (Å²) in [4.78, 5) is 35.2. The number of rotatable bonds is 3. The van der Waals surface area contributed by atoms with Crippen molar-refractivity contribution in [1.29, 1.82) is 0 Å². The summed E-state index contributed by atoms with van der Waals surface area (Å²) in [6.07, 6.45) is 0. The number of nitro groups is 2. The first kappa shape index (κ1) is 16.4. The van der Waals surface area contributed by atoms with Crippen LogP contribution in [0.4, 0.5) is 17.1 Å². The molecule has 9 nitrogen and oxygen atoms in total. The molecule has 0 radical (unpaired) electrons. The molecule has 9 heteroatoms. The van der Waals surface area contributed by atoms with Crippen molar-refractivity contribution in [3.8, 4) is 5.75 Å². The lowest BCUT2D eigenvalue weighted by atomic mass is 10.0. The summed E-state index contributed by atoms with van der Waals surface area (Å²) >= 11 is 0. The zero-order valence-corrected chi connectivity index (χ0v) is 13.2. The predicted octanol–water partition coefficient (Wildman–Crippen LogP) is 2.85. The molecule has 2 aromatic rings. The number of hydrogen-bond acceptors (Lipinski definition) is 6. The third-order valence-corrected chi connectivity index (χ3v) is 3.99. The highest BCUT2D eigenvalue weighted by molar-refractivity contribution is 6.08. The van der Waals surface area contributed by atoms with E-state index in [2.05, 4.69) is 0 Å². The number of hydrogen-bond donors (Lipinski definition) is 0. The van der Waals surface area contributed by atoms with Gasteiger partial charge in [0.05, 0.1) is 22.1 Å². The average Bonchev–Trinajstić information content (AvgIpc) is 2.60. The van der Waals surface area contributed by atoms with Crippen LogP contribution in [0.5, 0.6) is 5.75 Å². The van der Waals surface area contributed by atoms with Gasteiger partial charge < -0.3 is 9.64 Å². The smallest absolute Gasteiger partial charge is 0.273 e. The molecular formula is C16H13N3O6. The minimum Gasteiger partial charge on any atom is -0.490 e. The number of nitrogens with zero attached hydrogens (tertiary/aromatic N) is 3. The van der Waals surface area contributed by atoms with Crippen molar-refractivity contribution in [3.63, 3.8) is 0 Å². The number of anilines is 1. The molecule has 0 bridgehead atoms. The van der Waals surface area contributed by atoms with Crippen LogP contribution in [0.25, 0.3) is 0 Å². The minimum atomic E-state index is -0.559. The molecule has 0 spiro atoms. The molecule has 0 saturated heterocycles. The Kier molecular flexibility index (Phi) is 4.05. The normalized spacial score (nSPS) is 12.9. The van der Waals surface area contributed by atoms with Gasteiger partial charge in [-0.05, 0) is 19.1 Å². The molecule has 0 unspecified atom stereocenters. The molecule has 1 amide bonds. The van der Waals surface area contributed by atoms with Gasteiger partial charge in [-0.2, -0.15) is 0 Å². The molecule has 3 rings (SSSR count). The van der Waals surface area contributed by atoms with Gasteiger partial charge in [0.2, 0.25) is 0 Å². The fourth-order valence-corrected chi connectivity index (χ4v) is 2.73. The van der Waals surface area contributed by atoms with E-state index in [0.717, 1.165) is 0 Å². The van der Waals surface area contributed by atoms with E-state index < -0.39 is 15.8 Å². The second-order valence-electron chi connectivity index (χ2n) is 5.42. The largest absolute Gasteiger partial charge is 0.490 e. The first-order valence-electron chi connectivity index (χ1n) is 7.37. The van der Waals surface area contributed by atoms with Crippen LogP contribution in [-0.2, 0) is 0 Å². The minimum absolute atomic E-state index is 0.154. The Morgan fingerprint density at radius 3 is 2.60 bits per heavy atom. The van der Waals surface area contributed by atoms with Crippen molar-refractivity contribution in [3.05, 3.63) is 67.8 Å². The maximum absolute atomic E-state index is 12.9. The van der Waals surface area contributed by atoms with Gasteiger partial charge in [0.15, 0.2) is 0 Å². The van der Waals surface area contributed by atoms with E-state index in [1.54, 1.807) is 0 Å². The van der Waals surface area contributed by atoms with Gasteiger partial charge in [0.1, 0.15) is 12.4 Å². The Balaban J connectivity index is 2.06. The quantitative estimate of drug-likeness (QED) is 0.625. The molecule has 0 saturated carbocycles. The molecule has 0 aromatic heterocycles. The van der Waals surface area contributed by atoms with E-state index in [-0.39, 0.29) is 41.3 Å². The van der Waals surface area contributed by atoms with Crippen LogP contribution in [0.3, 0.4) is 0 Å². The Morgan fingerprint density at radius 1 is 1.16 bits per heavy atom.